The van der Waals surface area contributed by atoms with Crippen molar-refractivity contribution >= 4 is 33.0 Å². The van der Waals surface area contributed by atoms with Crippen molar-refractivity contribution in [1.82, 2.24) is 0 Å². The Morgan fingerprint density at radius 2 is 1.23 bits per heavy atom. The van der Waals surface area contributed by atoms with Gasteiger partial charge in [0.05, 0.1) is 0 Å². The zero-order valence-corrected chi connectivity index (χ0v) is 21.1. The number of rotatable bonds is 0. The smallest absolute Gasteiger partial charge is 0 e. The molecule has 0 saturated heterocycles. The molecule has 2 rings (SSSR count). The summed E-state index contributed by atoms with van der Waals surface area (Å²) in [5.41, 5.74) is 0. The first-order valence-electron chi connectivity index (χ1n) is 3.21. The van der Waals surface area contributed by atoms with Gasteiger partial charge in [-0.15, -0.1) is 31.2 Å². The Labute approximate surface area is 179 Å². The van der Waals surface area contributed by atoms with Gasteiger partial charge in [-0.3, -0.25) is 14.3 Å². The molecule has 144 valence electrons. The van der Waals surface area contributed by atoms with Crippen LogP contribution in [0.15, 0.2) is 36.2 Å². The van der Waals surface area contributed by atoms with Crippen LogP contribution >= 0.6 is 33.0 Å². The molecule has 0 fully saturated rings. The molecule has 1 aromatic heterocycles. The summed E-state index contributed by atoms with van der Waals surface area (Å²) >= 11 is 0. The molecule has 1 aliphatic rings. The van der Waals surface area contributed by atoms with Crippen LogP contribution in [-0.2, 0) is 26.2 Å². The van der Waals surface area contributed by atoms with Gasteiger partial charge < -0.3 is 66.8 Å². The second kappa shape index (κ2) is 81.1. The summed E-state index contributed by atoms with van der Waals surface area (Å²) in [6, 6.07) is 3.96. The molecule has 0 aromatic carbocycles. The van der Waals surface area contributed by atoms with Gasteiger partial charge in [0.25, 0.3) is 0 Å². The molecule has 22 heavy (non-hydrogen) atoms. The van der Waals surface area contributed by atoms with E-state index < -0.39 is 0 Å². The van der Waals surface area contributed by atoms with Gasteiger partial charge in [-0.2, -0.15) is 23.7 Å². The zero-order chi connectivity index (χ0) is 7.07. The summed E-state index contributed by atoms with van der Waals surface area (Å²) in [4.78, 5) is 0. The molecule has 0 amide bonds. The first-order chi connectivity index (χ1) is 5.00. The third-order valence-corrected chi connectivity index (χ3v) is 1.72. The minimum atomic E-state index is 0. The van der Waals surface area contributed by atoms with Crippen LogP contribution in [0.25, 0.3) is 0 Å². The maximum atomic E-state index is 3.01. The third-order valence-electron chi connectivity index (χ3n) is 1.03. The summed E-state index contributed by atoms with van der Waals surface area (Å²) in [6.07, 6.45) is 10.0. The van der Waals surface area contributed by atoms with Crippen LogP contribution in [0.5, 0.6) is 0 Å². The number of allylic oxidation sites excluding steroid dienone is 4. The minimum absolute atomic E-state index is 0. The molecule has 0 nitrogen and oxygen atoms in total. The maximum absolute atomic E-state index is 3.01. The van der Waals surface area contributed by atoms with E-state index in [1.54, 1.807) is 0 Å². The molecule has 4 heteroatoms. The molecule has 0 bridgehead atoms. The van der Waals surface area contributed by atoms with Gasteiger partial charge in [0.2, 0.25) is 0 Å². The molecule has 0 radical (unpaired) electrons. The number of hydrogen-bond acceptors (Lipinski definition) is 0. The fourth-order valence-corrected chi connectivity index (χ4v) is 1.06. The van der Waals surface area contributed by atoms with Gasteiger partial charge in [0.1, 0.15) is 0 Å². The Bertz CT molecular complexity index is 184. The first kappa shape index (κ1) is 93.3. The topological polar surface area (TPSA) is 0 Å². The van der Waals surface area contributed by atoms with E-state index in [1.807, 2.05) is 24.3 Å². The molecule has 0 N–H and O–H groups in total. The predicted octanol–water partition coefficient (Wildman–Crippen LogP) is 7.72. The number of halogens is 2. The quantitative estimate of drug-likeness (QED) is 0.357. The Morgan fingerprint density at radius 3 is 1.32 bits per heavy atom. The SMILES string of the molecule is Cl.Cl.[C-]1=CC=CC1.[CH3-].[CH3-].[CH3-].[CH3-].[CH3-].[CH3-].[CH3-].[CH3-].[CH3-].[Zr].[c-]1ccc[pH]1. The summed E-state index contributed by atoms with van der Waals surface area (Å²) in [7, 11) is 0.823. The standard InChI is InChI=1S/C5H5.C4H4P.9CH3.2ClH.Zr/c2*1-2-4-5-3-1;;;;;;;;;;;;/h1-3H,4H2;1-3,5H;9*1H3;2*1H;/q11*-1;;;. The molecule has 1 aliphatic carbocycles. The van der Waals surface area contributed by atoms with E-state index in [1.165, 1.54) is 0 Å². The van der Waals surface area contributed by atoms with Crippen LogP contribution in [0.4, 0.5) is 0 Å². The van der Waals surface area contributed by atoms with E-state index in [0.29, 0.717) is 0 Å². The van der Waals surface area contributed by atoms with E-state index in [2.05, 4.69) is 23.7 Å². The number of hydrogen-bond donors (Lipinski definition) is 0. The van der Waals surface area contributed by atoms with Gasteiger partial charge in [-0.1, -0.05) is 0 Å². The van der Waals surface area contributed by atoms with Crippen molar-refractivity contribution in [2.75, 3.05) is 0 Å². The second-order valence-electron chi connectivity index (χ2n) is 1.82. The Kier molecular flexibility index (Phi) is 344. The van der Waals surface area contributed by atoms with Crippen LogP contribution in [0.2, 0.25) is 0 Å². The van der Waals surface area contributed by atoms with Crippen molar-refractivity contribution in [1.29, 1.82) is 0 Å². The average Bonchev–Trinajstić information content (AvgIpc) is 2.67. The van der Waals surface area contributed by atoms with Gasteiger partial charge in [0.15, 0.2) is 0 Å². The molecule has 1 atom stereocenters. The van der Waals surface area contributed by atoms with Gasteiger partial charge in [-0.05, 0) is 0 Å². The summed E-state index contributed by atoms with van der Waals surface area (Å²) in [5, 5.41) is 0. The summed E-state index contributed by atoms with van der Waals surface area (Å²) < 4.78 is 0. The van der Waals surface area contributed by atoms with Crippen molar-refractivity contribution < 1.29 is 26.2 Å². The largest absolute Gasteiger partial charge is 0.358 e. The van der Waals surface area contributed by atoms with Crippen LogP contribution in [0.3, 0.4) is 0 Å². The maximum Gasteiger partial charge on any atom is 0 e. The van der Waals surface area contributed by atoms with E-state index in [0.717, 1.165) is 14.6 Å². The van der Waals surface area contributed by atoms with Gasteiger partial charge in [0, 0.05) is 26.2 Å². The van der Waals surface area contributed by atoms with Crippen LogP contribution in [0, 0.1) is 78.7 Å². The monoisotopic (exact) mass is 445 g/mol. The third kappa shape index (κ3) is 70.1. The Hall–Kier alpha value is 0.723. The van der Waals surface area contributed by atoms with E-state index in [9.17, 15) is 0 Å². The summed E-state index contributed by atoms with van der Waals surface area (Å²) in [6.45, 7) is 0. The second-order valence-corrected chi connectivity index (χ2v) is 2.73. The van der Waals surface area contributed by atoms with Crippen molar-refractivity contribution in [2.45, 2.75) is 6.42 Å². The van der Waals surface area contributed by atoms with E-state index in [-0.39, 0.29) is 118 Å². The van der Waals surface area contributed by atoms with Gasteiger partial charge >= 0.3 is 0 Å². The fourth-order valence-electron chi connectivity index (χ4n) is 0.581. The Balaban J connectivity index is -0.00000000588. The van der Waals surface area contributed by atoms with Crippen LogP contribution in [0.1, 0.15) is 6.42 Å². The first-order valence-corrected chi connectivity index (χ1v) is 4.29. The van der Waals surface area contributed by atoms with Crippen molar-refractivity contribution in [3.05, 3.63) is 115 Å². The molecular formula is C18H38Cl2PZr-11. The molecule has 1 unspecified atom stereocenters. The summed E-state index contributed by atoms with van der Waals surface area (Å²) in [5.74, 6) is 5.11. The van der Waals surface area contributed by atoms with E-state index >= 15 is 0 Å². The molecule has 0 aliphatic heterocycles. The molecular weight excluding hydrogens is 409 g/mol. The van der Waals surface area contributed by atoms with Crippen molar-refractivity contribution in [2.24, 2.45) is 0 Å². The predicted molar refractivity (Wildman–Crippen MR) is 119 cm³/mol. The van der Waals surface area contributed by atoms with Crippen LogP contribution in [-0.4, -0.2) is 0 Å². The fraction of sp³-hybridized carbons (Fsp3) is 0.0556. The van der Waals surface area contributed by atoms with Crippen molar-refractivity contribution in [3.63, 3.8) is 0 Å². The molecule has 0 saturated carbocycles. The van der Waals surface area contributed by atoms with Gasteiger partial charge in [-0.25, -0.2) is 18.2 Å². The van der Waals surface area contributed by atoms with Crippen molar-refractivity contribution in [3.8, 4) is 0 Å². The Morgan fingerprint density at radius 1 is 0.773 bits per heavy atom. The molecule has 0 spiro atoms. The zero-order valence-electron chi connectivity index (χ0n) is 16.0. The average molecular weight is 448 g/mol. The van der Waals surface area contributed by atoms with E-state index in [4.69, 9.17) is 0 Å². The molecule has 1 aromatic rings. The minimum Gasteiger partial charge on any atom is -0.358 e. The molecule has 1 heterocycles. The normalized spacial score (nSPS) is 6.18. The van der Waals surface area contributed by atoms with Crippen LogP contribution < -0.4 is 0 Å².